The summed E-state index contributed by atoms with van der Waals surface area (Å²) in [5, 5.41) is 10.2. The fraction of sp³-hybridized carbons (Fsp3) is 0.222. The smallest absolute Gasteiger partial charge is 0.0609 e. The van der Waals surface area contributed by atoms with E-state index in [2.05, 4.69) is 0 Å². The number of carboxylic acid groups (broad SMARTS) is 1. The summed E-state index contributed by atoms with van der Waals surface area (Å²) >= 11 is 1.44. The Kier molecular flexibility index (Phi) is 1.81. The molecule has 1 aliphatic rings. The van der Waals surface area contributed by atoms with E-state index in [0.29, 0.717) is 0 Å². The highest BCUT2D eigenvalue weighted by molar-refractivity contribution is 8.08. The van der Waals surface area contributed by atoms with Gasteiger partial charge in [0.2, 0.25) is 0 Å². The van der Waals surface area contributed by atoms with Crippen molar-refractivity contribution in [3.8, 4) is 0 Å². The summed E-state index contributed by atoms with van der Waals surface area (Å²) in [6.45, 7) is 0. The minimum Gasteiger partial charge on any atom is -0.549 e. The molecular formula is C9H7O2S-. The van der Waals surface area contributed by atoms with Crippen LogP contribution < -0.4 is 5.11 Å². The molecular weight excluding hydrogens is 172 g/mol. The zero-order valence-corrected chi connectivity index (χ0v) is 7.08. The maximum Gasteiger partial charge on any atom is 0.0609 e. The molecule has 0 unspecified atom stereocenters. The zero-order valence-electron chi connectivity index (χ0n) is 6.27. The summed E-state index contributed by atoms with van der Waals surface area (Å²) in [6.07, 6.45) is 0. The molecule has 12 heavy (non-hydrogen) atoms. The van der Waals surface area contributed by atoms with Crippen LogP contribution in [0.5, 0.6) is 0 Å². The Balaban J connectivity index is 2.11. The van der Waals surface area contributed by atoms with Crippen LogP contribution in [0.25, 0.3) is 0 Å². The molecule has 3 heteroatoms. The second-order valence-electron chi connectivity index (χ2n) is 2.71. The van der Waals surface area contributed by atoms with Crippen LogP contribution in [-0.4, -0.2) is 11.2 Å². The van der Waals surface area contributed by atoms with Gasteiger partial charge in [0.1, 0.15) is 0 Å². The predicted molar refractivity (Wildman–Crippen MR) is 45.6 cm³/mol. The first-order chi connectivity index (χ1) is 5.79. The van der Waals surface area contributed by atoms with E-state index in [9.17, 15) is 9.90 Å². The van der Waals surface area contributed by atoms with E-state index in [0.717, 1.165) is 5.56 Å². The summed E-state index contributed by atoms with van der Waals surface area (Å²) in [7, 11) is 0. The van der Waals surface area contributed by atoms with Crippen molar-refractivity contribution in [2.24, 2.45) is 0 Å². The molecule has 0 amide bonds. The Hall–Kier alpha value is -0.960. The quantitative estimate of drug-likeness (QED) is 0.624. The first-order valence-electron chi connectivity index (χ1n) is 3.70. The normalized spacial score (nSPS) is 26.7. The summed E-state index contributed by atoms with van der Waals surface area (Å²) in [5.74, 6) is -0.950. The lowest BCUT2D eigenvalue weighted by molar-refractivity contribution is -0.303. The van der Waals surface area contributed by atoms with Gasteiger partial charge in [-0.05, 0) is 5.56 Å². The van der Waals surface area contributed by atoms with Gasteiger partial charge in [0, 0.05) is 5.25 Å². The van der Waals surface area contributed by atoms with Crippen molar-refractivity contribution in [2.75, 3.05) is 0 Å². The molecule has 0 aliphatic carbocycles. The fourth-order valence-electron chi connectivity index (χ4n) is 1.19. The number of aliphatic carboxylic acids is 1. The third-order valence-electron chi connectivity index (χ3n) is 1.85. The SMILES string of the molecule is O=C([O-])[C@@H]1S[C@H]1c1ccccc1. The molecule has 1 fully saturated rings. The van der Waals surface area contributed by atoms with Crippen molar-refractivity contribution in [1.29, 1.82) is 0 Å². The van der Waals surface area contributed by atoms with E-state index in [4.69, 9.17) is 0 Å². The molecule has 1 aliphatic heterocycles. The zero-order chi connectivity index (χ0) is 8.55. The summed E-state index contributed by atoms with van der Waals surface area (Å²) in [6, 6.07) is 9.65. The fourth-order valence-corrected chi connectivity index (χ4v) is 2.11. The Morgan fingerprint density at radius 1 is 1.33 bits per heavy atom. The number of thioether (sulfide) groups is 1. The van der Waals surface area contributed by atoms with Crippen LogP contribution in [0.4, 0.5) is 0 Å². The molecule has 2 nitrogen and oxygen atoms in total. The number of hydrogen-bond donors (Lipinski definition) is 0. The number of carbonyl (C=O) groups is 1. The van der Waals surface area contributed by atoms with Crippen LogP contribution in [0.1, 0.15) is 10.8 Å². The van der Waals surface area contributed by atoms with Gasteiger partial charge in [-0.25, -0.2) is 0 Å². The van der Waals surface area contributed by atoms with E-state index in [1.54, 1.807) is 0 Å². The van der Waals surface area contributed by atoms with Crippen molar-refractivity contribution in [3.63, 3.8) is 0 Å². The molecule has 62 valence electrons. The van der Waals surface area contributed by atoms with Gasteiger partial charge in [0.25, 0.3) is 0 Å². The lowest BCUT2D eigenvalue weighted by Crippen LogP contribution is -2.27. The van der Waals surface area contributed by atoms with Crippen molar-refractivity contribution >= 4 is 17.7 Å². The van der Waals surface area contributed by atoms with Crippen molar-refractivity contribution in [2.45, 2.75) is 10.5 Å². The van der Waals surface area contributed by atoms with Gasteiger partial charge in [-0.1, -0.05) is 30.3 Å². The van der Waals surface area contributed by atoms with E-state index in [1.807, 2.05) is 30.3 Å². The molecule has 1 aromatic carbocycles. The molecule has 2 atom stereocenters. The van der Waals surface area contributed by atoms with Gasteiger partial charge in [-0.2, -0.15) is 0 Å². The van der Waals surface area contributed by atoms with E-state index >= 15 is 0 Å². The maximum atomic E-state index is 10.4. The number of benzene rings is 1. The number of carboxylic acids is 1. The summed E-state index contributed by atoms with van der Waals surface area (Å²) in [5.41, 5.74) is 1.08. The highest BCUT2D eigenvalue weighted by atomic mass is 32.2. The van der Waals surface area contributed by atoms with Crippen molar-refractivity contribution < 1.29 is 9.90 Å². The molecule has 0 aromatic heterocycles. The van der Waals surface area contributed by atoms with Crippen LogP contribution in [0, 0.1) is 0 Å². The Morgan fingerprint density at radius 3 is 2.50 bits per heavy atom. The molecule has 0 spiro atoms. The first kappa shape index (κ1) is 7.68. The Bertz CT molecular complexity index is 297. The molecule has 0 saturated carbocycles. The highest BCUT2D eigenvalue weighted by Gasteiger charge is 2.40. The first-order valence-corrected chi connectivity index (χ1v) is 4.64. The lowest BCUT2D eigenvalue weighted by Gasteiger charge is -1.97. The van der Waals surface area contributed by atoms with Gasteiger partial charge in [-0.3, -0.25) is 0 Å². The van der Waals surface area contributed by atoms with Gasteiger partial charge in [0.05, 0.1) is 11.2 Å². The summed E-state index contributed by atoms with van der Waals surface area (Å²) < 4.78 is 0. The van der Waals surface area contributed by atoms with E-state index < -0.39 is 5.97 Å². The van der Waals surface area contributed by atoms with E-state index in [1.165, 1.54) is 11.8 Å². The molecule has 1 saturated heterocycles. The molecule has 0 radical (unpaired) electrons. The molecule has 0 bridgehead atoms. The van der Waals surface area contributed by atoms with Gasteiger partial charge in [0.15, 0.2) is 0 Å². The van der Waals surface area contributed by atoms with Crippen molar-refractivity contribution in [3.05, 3.63) is 35.9 Å². The lowest BCUT2D eigenvalue weighted by atomic mass is 10.1. The van der Waals surface area contributed by atoms with Crippen LogP contribution in [-0.2, 0) is 4.79 Å². The average Bonchev–Trinajstić information content (AvgIpc) is 2.84. The van der Waals surface area contributed by atoms with Crippen molar-refractivity contribution in [1.82, 2.24) is 0 Å². The second-order valence-corrected chi connectivity index (χ2v) is 3.99. The third-order valence-corrected chi connectivity index (χ3v) is 3.13. The number of rotatable bonds is 2. The van der Waals surface area contributed by atoms with Gasteiger partial charge in [-0.15, -0.1) is 11.8 Å². The van der Waals surface area contributed by atoms with Gasteiger partial charge >= 0.3 is 0 Å². The maximum absolute atomic E-state index is 10.4. The third kappa shape index (κ3) is 1.32. The highest BCUT2D eigenvalue weighted by Crippen LogP contribution is 2.54. The van der Waals surface area contributed by atoms with Crippen LogP contribution in [0.3, 0.4) is 0 Å². The second kappa shape index (κ2) is 2.83. The minimum atomic E-state index is -0.950. The van der Waals surface area contributed by atoms with Crippen LogP contribution in [0.2, 0.25) is 0 Å². The van der Waals surface area contributed by atoms with Crippen LogP contribution >= 0.6 is 11.8 Å². The molecule has 2 rings (SSSR count). The summed E-state index contributed by atoms with van der Waals surface area (Å²) in [4.78, 5) is 10.4. The molecule has 0 N–H and O–H groups in total. The standard InChI is InChI=1S/C9H8O2S/c10-9(11)8-7(12-8)6-4-2-1-3-5-6/h1-5,7-8H,(H,10,11)/p-1/t7-,8+/m0/s1. The Labute approximate surface area is 74.6 Å². The van der Waals surface area contributed by atoms with E-state index in [-0.39, 0.29) is 10.5 Å². The number of carbonyl (C=O) groups excluding carboxylic acids is 1. The van der Waals surface area contributed by atoms with Gasteiger partial charge < -0.3 is 9.90 Å². The monoisotopic (exact) mass is 179 g/mol. The molecule has 1 aromatic rings. The largest absolute Gasteiger partial charge is 0.549 e. The average molecular weight is 179 g/mol. The topological polar surface area (TPSA) is 40.1 Å². The minimum absolute atomic E-state index is 0.121. The predicted octanol–water partition coefficient (Wildman–Crippen LogP) is 0.593. The Morgan fingerprint density at radius 2 is 2.00 bits per heavy atom. The molecule has 1 heterocycles. The van der Waals surface area contributed by atoms with Crippen LogP contribution in [0.15, 0.2) is 30.3 Å². The number of hydrogen-bond acceptors (Lipinski definition) is 3.